The zero-order valence-corrected chi connectivity index (χ0v) is 9.58. The Kier molecular flexibility index (Phi) is 3.88. The Labute approximate surface area is 87.7 Å². The molecule has 13 heavy (non-hydrogen) atoms. The topological polar surface area (TPSA) is 38.9 Å². The molecular formula is C10H15BrN2. The first kappa shape index (κ1) is 10.7. The van der Waals surface area contributed by atoms with Crippen molar-refractivity contribution in [2.75, 3.05) is 0 Å². The fraction of sp³-hybridized carbons (Fsp3) is 0.500. The van der Waals surface area contributed by atoms with Crippen LogP contribution in [0.5, 0.6) is 0 Å². The first-order valence-corrected chi connectivity index (χ1v) is 5.24. The van der Waals surface area contributed by atoms with E-state index >= 15 is 0 Å². The summed E-state index contributed by atoms with van der Waals surface area (Å²) in [5.41, 5.74) is 7.15. The minimum atomic E-state index is 0.219. The predicted molar refractivity (Wildman–Crippen MR) is 58.5 cm³/mol. The molecule has 3 heteroatoms. The first-order valence-electron chi connectivity index (χ1n) is 4.44. The van der Waals surface area contributed by atoms with Crippen LogP contribution in [0.3, 0.4) is 0 Å². The summed E-state index contributed by atoms with van der Waals surface area (Å²) >= 11 is 3.39. The lowest BCUT2D eigenvalue weighted by Crippen LogP contribution is -2.28. The summed E-state index contributed by atoms with van der Waals surface area (Å²) in [5.74, 6) is 0.513. The van der Waals surface area contributed by atoms with Crippen LogP contribution in [0, 0.1) is 5.92 Å². The monoisotopic (exact) mass is 242 g/mol. The van der Waals surface area contributed by atoms with Gasteiger partial charge in [0.05, 0.1) is 0 Å². The lowest BCUT2D eigenvalue weighted by Gasteiger charge is -2.15. The normalized spacial score (nSPS) is 13.3. The average molecular weight is 243 g/mol. The van der Waals surface area contributed by atoms with Crippen LogP contribution >= 0.6 is 15.9 Å². The standard InChI is InChI=1S/C10H15BrN2/c1-7(2)10(12)4-8-3-9(11)6-13-5-8/h3,5-7,10H,4,12H2,1-2H3. The molecule has 0 saturated carbocycles. The van der Waals surface area contributed by atoms with Crippen LogP contribution in [0.15, 0.2) is 22.9 Å². The Morgan fingerprint density at radius 3 is 2.69 bits per heavy atom. The summed E-state index contributed by atoms with van der Waals surface area (Å²) in [5, 5.41) is 0. The molecular weight excluding hydrogens is 228 g/mol. The molecule has 1 heterocycles. The second-order valence-corrected chi connectivity index (χ2v) is 4.54. The number of nitrogens with zero attached hydrogens (tertiary/aromatic N) is 1. The van der Waals surface area contributed by atoms with Crippen molar-refractivity contribution in [3.05, 3.63) is 28.5 Å². The van der Waals surface area contributed by atoms with Crippen LogP contribution in [0.1, 0.15) is 19.4 Å². The lowest BCUT2D eigenvalue weighted by molar-refractivity contribution is 0.490. The van der Waals surface area contributed by atoms with Crippen LogP contribution in [0.4, 0.5) is 0 Å². The number of hydrogen-bond acceptors (Lipinski definition) is 2. The second-order valence-electron chi connectivity index (χ2n) is 3.62. The number of hydrogen-bond donors (Lipinski definition) is 1. The summed E-state index contributed by atoms with van der Waals surface area (Å²) < 4.78 is 1.01. The Bertz CT molecular complexity index is 273. The summed E-state index contributed by atoms with van der Waals surface area (Å²) in [4.78, 5) is 4.09. The fourth-order valence-corrected chi connectivity index (χ4v) is 1.49. The zero-order valence-electron chi connectivity index (χ0n) is 8.00. The molecule has 1 atom stereocenters. The van der Waals surface area contributed by atoms with Gasteiger partial charge in [0.1, 0.15) is 0 Å². The highest BCUT2D eigenvalue weighted by Gasteiger charge is 2.08. The summed E-state index contributed by atoms with van der Waals surface area (Å²) in [6.45, 7) is 4.27. The SMILES string of the molecule is CC(C)C(N)Cc1cncc(Br)c1. The Morgan fingerprint density at radius 2 is 2.15 bits per heavy atom. The van der Waals surface area contributed by atoms with Gasteiger partial charge in [0.15, 0.2) is 0 Å². The van der Waals surface area contributed by atoms with Crippen molar-refractivity contribution in [1.29, 1.82) is 0 Å². The zero-order chi connectivity index (χ0) is 9.84. The van der Waals surface area contributed by atoms with E-state index in [0.717, 1.165) is 10.9 Å². The highest BCUT2D eigenvalue weighted by molar-refractivity contribution is 9.10. The first-order chi connectivity index (χ1) is 6.09. The van der Waals surface area contributed by atoms with Gasteiger partial charge in [0.2, 0.25) is 0 Å². The van der Waals surface area contributed by atoms with E-state index in [1.54, 1.807) is 6.20 Å². The van der Waals surface area contributed by atoms with Gasteiger partial charge in [0, 0.05) is 22.9 Å². The molecule has 2 N–H and O–H groups in total. The van der Waals surface area contributed by atoms with Crippen LogP contribution in [-0.2, 0) is 6.42 Å². The largest absolute Gasteiger partial charge is 0.327 e. The van der Waals surface area contributed by atoms with Gasteiger partial charge in [-0.15, -0.1) is 0 Å². The molecule has 1 unspecified atom stereocenters. The third-order valence-corrected chi connectivity index (χ3v) is 2.52. The smallest absolute Gasteiger partial charge is 0.0410 e. The fourth-order valence-electron chi connectivity index (χ4n) is 1.08. The number of aromatic nitrogens is 1. The molecule has 2 nitrogen and oxygen atoms in total. The van der Waals surface area contributed by atoms with E-state index in [4.69, 9.17) is 5.73 Å². The van der Waals surface area contributed by atoms with E-state index in [1.807, 2.05) is 6.20 Å². The molecule has 0 aliphatic rings. The van der Waals surface area contributed by atoms with Gasteiger partial charge in [0.25, 0.3) is 0 Å². The molecule has 0 spiro atoms. The molecule has 0 fully saturated rings. The van der Waals surface area contributed by atoms with Crippen molar-refractivity contribution < 1.29 is 0 Å². The highest BCUT2D eigenvalue weighted by atomic mass is 79.9. The van der Waals surface area contributed by atoms with Gasteiger partial charge in [-0.2, -0.15) is 0 Å². The van der Waals surface area contributed by atoms with Gasteiger partial charge in [-0.3, -0.25) is 4.98 Å². The molecule has 72 valence electrons. The van der Waals surface area contributed by atoms with Crippen LogP contribution in [-0.4, -0.2) is 11.0 Å². The maximum atomic E-state index is 5.96. The molecule has 0 saturated heterocycles. The van der Waals surface area contributed by atoms with Crippen molar-refractivity contribution >= 4 is 15.9 Å². The molecule has 0 bridgehead atoms. The number of halogens is 1. The number of rotatable bonds is 3. The lowest BCUT2D eigenvalue weighted by atomic mass is 9.98. The molecule has 1 rings (SSSR count). The van der Waals surface area contributed by atoms with Gasteiger partial charge in [-0.25, -0.2) is 0 Å². The van der Waals surface area contributed by atoms with Crippen molar-refractivity contribution in [1.82, 2.24) is 4.98 Å². The van der Waals surface area contributed by atoms with E-state index in [-0.39, 0.29) is 6.04 Å². The van der Waals surface area contributed by atoms with Gasteiger partial charge >= 0.3 is 0 Å². The van der Waals surface area contributed by atoms with Crippen molar-refractivity contribution in [2.24, 2.45) is 11.7 Å². The van der Waals surface area contributed by atoms with Crippen LogP contribution < -0.4 is 5.73 Å². The van der Waals surface area contributed by atoms with Crippen molar-refractivity contribution in [2.45, 2.75) is 26.3 Å². The molecule has 0 aromatic carbocycles. The molecule has 0 amide bonds. The summed E-state index contributed by atoms with van der Waals surface area (Å²) in [7, 11) is 0. The maximum Gasteiger partial charge on any atom is 0.0410 e. The number of pyridine rings is 1. The Hall–Kier alpha value is -0.410. The Morgan fingerprint density at radius 1 is 1.46 bits per heavy atom. The summed E-state index contributed by atoms with van der Waals surface area (Å²) in [6, 6.07) is 2.28. The Balaban J connectivity index is 2.64. The van der Waals surface area contributed by atoms with Crippen molar-refractivity contribution in [3.63, 3.8) is 0 Å². The van der Waals surface area contributed by atoms with E-state index in [0.29, 0.717) is 5.92 Å². The summed E-state index contributed by atoms with van der Waals surface area (Å²) in [6.07, 6.45) is 4.54. The second kappa shape index (κ2) is 4.72. The minimum absolute atomic E-state index is 0.219. The average Bonchev–Trinajstić information content (AvgIpc) is 2.04. The van der Waals surface area contributed by atoms with E-state index in [9.17, 15) is 0 Å². The van der Waals surface area contributed by atoms with Crippen LogP contribution in [0.2, 0.25) is 0 Å². The van der Waals surface area contributed by atoms with Crippen LogP contribution in [0.25, 0.3) is 0 Å². The van der Waals surface area contributed by atoms with Crippen molar-refractivity contribution in [3.8, 4) is 0 Å². The van der Waals surface area contributed by atoms with E-state index in [2.05, 4.69) is 40.8 Å². The van der Waals surface area contributed by atoms with E-state index < -0.39 is 0 Å². The van der Waals surface area contributed by atoms with Gasteiger partial charge < -0.3 is 5.73 Å². The molecule has 0 aliphatic carbocycles. The molecule has 0 aliphatic heterocycles. The highest BCUT2D eigenvalue weighted by Crippen LogP contribution is 2.12. The molecule has 0 radical (unpaired) electrons. The maximum absolute atomic E-state index is 5.96. The third-order valence-electron chi connectivity index (χ3n) is 2.09. The van der Waals surface area contributed by atoms with Gasteiger partial charge in [-0.05, 0) is 39.9 Å². The number of nitrogens with two attached hydrogens (primary N) is 1. The third kappa shape index (κ3) is 3.44. The van der Waals surface area contributed by atoms with Gasteiger partial charge in [-0.1, -0.05) is 13.8 Å². The van der Waals surface area contributed by atoms with E-state index in [1.165, 1.54) is 5.56 Å². The minimum Gasteiger partial charge on any atom is -0.327 e. The molecule has 1 aromatic rings. The quantitative estimate of drug-likeness (QED) is 0.885. The molecule has 1 aromatic heterocycles. The predicted octanol–water partition coefficient (Wildman–Crippen LogP) is 2.37.